The normalized spacial score (nSPS) is 18.8. The number of halogens is 1. The highest BCUT2D eigenvalue weighted by atomic mass is 35.5. The summed E-state index contributed by atoms with van der Waals surface area (Å²) in [6.07, 6.45) is 0.583. The summed E-state index contributed by atoms with van der Waals surface area (Å²) in [7, 11) is 0. The molecule has 2 atom stereocenters. The van der Waals surface area contributed by atoms with Crippen molar-refractivity contribution in [1.29, 1.82) is 0 Å². The summed E-state index contributed by atoms with van der Waals surface area (Å²) in [5, 5.41) is 9.71. The van der Waals surface area contributed by atoms with Crippen molar-refractivity contribution in [3.63, 3.8) is 0 Å². The molecule has 2 aliphatic heterocycles. The van der Waals surface area contributed by atoms with Crippen LogP contribution < -0.4 is 14.7 Å². The predicted molar refractivity (Wildman–Crippen MR) is 157 cm³/mol. The number of fused-ring (bicyclic) bond motifs is 1. The number of carbonyl (C=O) groups is 3. The molecular formula is C31H33ClN4O4. The fraction of sp³-hybridized carbons (Fsp3) is 0.323. The minimum Gasteiger partial charge on any atom is -0.387 e. The number of nitrogens with zero attached hydrogens (tertiary/aromatic N) is 4. The molecule has 0 aromatic heterocycles. The molecule has 1 saturated heterocycles. The molecule has 40 heavy (non-hydrogen) atoms. The van der Waals surface area contributed by atoms with E-state index in [2.05, 4.69) is 4.90 Å². The van der Waals surface area contributed by atoms with E-state index in [1.165, 1.54) is 0 Å². The van der Waals surface area contributed by atoms with Gasteiger partial charge in [0.1, 0.15) is 6.61 Å². The third kappa shape index (κ3) is 5.42. The third-order valence-corrected chi connectivity index (χ3v) is 8.03. The molecule has 3 amide bonds. The van der Waals surface area contributed by atoms with Crippen molar-refractivity contribution in [2.45, 2.75) is 32.4 Å². The van der Waals surface area contributed by atoms with Gasteiger partial charge in [-0.1, -0.05) is 29.8 Å². The first kappa shape index (κ1) is 27.7. The molecule has 0 aliphatic carbocycles. The van der Waals surface area contributed by atoms with Crippen LogP contribution >= 0.6 is 11.6 Å². The van der Waals surface area contributed by atoms with Gasteiger partial charge in [-0.25, -0.2) is 0 Å². The van der Waals surface area contributed by atoms with Gasteiger partial charge in [-0.15, -0.1) is 0 Å². The van der Waals surface area contributed by atoms with Gasteiger partial charge in [0.05, 0.1) is 6.04 Å². The Labute approximate surface area is 239 Å². The maximum atomic E-state index is 13.9. The lowest BCUT2D eigenvalue weighted by molar-refractivity contribution is -0.134. The maximum absolute atomic E-state index is 13.9. The second kappa shape index (κ2) is 11.7. The summed E-state index contributed by atoms with van der Waals surface area (Å²) < 4.78 is 0. The molecule has 3 aromatic rings. The topological polar surface area (TPSA) is 84.4 Å². The van der Waals surface area contributed by atoms with Crippen molar-refractivity contribution in [2.24, 2.45) is 0 Å². The average Bonchev–Trinajstić information content (AvgIpc) is 2.97. The molecule has 5 rings (SSSR count). The van der Waals surface area contributed by atoms with E-state index in [9.17, 15) is 14.4 Å². The molecule has 8 nitrogen and oxygen atoms in total. The van der Waals surface area contributed by atoms with Gasteiger partial charge in [0.2, 0.25) is 11.8 Å². The Balaban J connectivity index is 1.38. The van der Waals surface area contributed by atoms with Crippen LogP contribution in [0.5, 0.6) is 0 Å². The Morgan fingerprint density at radius 1 is 0.925 bits per heavy atom. The molecular weight excluding hydrogens is 528 g/mol. The molecule has 1 N–H and O–H groups in total. The first-order valence-electron chi connectivity index (χ1n) is 13.5. The number of carbonyl (C=O) groups excluding carboxylic acids is 3. The number of hydrogen-bond acceptors (Lipinski definition) is 5. The highest BCUT2D eigenvalue weighted by molar-refractivity contribution is 6.30. The van der Waals surface area contributed by atoms with E-state index in [4.69, 9.17) is 16.7 Å². The van der Waals surface area contributed by atoms with Crippen molar-refractivity contribution in [2.75, 3.05) is 47.5 Å². The molecule has 0 radical (unpaired) electrons. The van der Waals surface area contributed by atoms with Crippen molar-refractivity contribution in [3.8, 4) is 0 Å². The quantitative estimate of drug-likeness (QED) is 0.496. The number of anilines is 3. The smallest absolute Gasteiger partial charge is 0.258 e. The molecule has 0 saturated carbocycles. The fourth-order valence-electron chi connectivity index (χ4n) is 5.79. The number of benzene rings is 3. The van der Waals surface area contributed by atoms with E-state index in [1.807, 2.05) is 72.5 Å². The number of aliphatic hydroxyl groups excluding tert-OH is 1. The summed E-state index contributed by atoms with van der Waals surface area (Å²) >= 11 is 6.10. The van der Waals surface area contributed by atoms with Gasteiger partial charge in [-0.2, -0.15) is 0 Å². The van der Waals surface area contributed by atoms with Crippen molar-refractivity contribution in [1.82, 2.24) is 4.90 Å². The van der Waals surface area contributed by atoms with Crippen LogP contribution in [-0.2, 0) is 9.59 Å². The van der Waals surface area contributed by atoms with Crippen LogP contribution in [0.1, 0.15) is 42.2 Å². The second-order valence-corrected chi connectivity index (χ2v) is 10.7. The monoisotopic (exact) mass is 560 g/mol. The van der Waals surface area contributed by atoms with Crippen LogP contribution in [0.4, 0.5) is 17.1 Å². The van der Waals surface area contributed by atoms with Gasteiger partial charge >= 0.3 is 0 Å². The minimum atomic E-state index is -0.469. The average molecular weight is 561 g/mol. The number of para-hydroxylation sites is 1. The van der Waals surface area contributed by atoms with Crippen LogP contribution in [0, 0.1) is 0 Å². The molecule has 208 valence electrons. The molecule has 3 aromatic carbocycles. The van der Waals surface area contributed by atoms with E-state index in [-0.39, 0.29) is 29.8 Å². The number of hydrogen-bond donors (Lipinski definition) is 1. The summed E-state index contributed by atoms with van der Waals surface area (Å²) in [5.41, 5.74) is 4.05. The summed E-state index contributed by atoms with van der Waals surface area (Å²) in [4.78, 5) is 46.0. The van der Waals surface area contributed by atoms with E-state index in [0.717, 1.165) is 22.6 Å². The molecule has 0 spiro atoms. The SMILES string of the molecule is CC(=O)N(c1ccc(Cl)cc1)[C@@H]1C[C@H](C)N(C(=O)c2ccc(N3CCN(C(=O)CO)CC3)cc2)c2ccccc21. The van der Waals surface area contributed by atoms with Crippen LogP contribution in [0.3, 0.4) is 0 Å². The van der Waals surface area contributed by atoms with Crippen molar-refractivity contribution in [3.05, 3.63) is 88.9 Å². The Kier molecular flexibility index (Phi) is 8.09. The Bertz CT molecular complexity index is 1390. The fourth-order valence-corrected chi connectivity index (χ4v) is 5.91. The zero-order valence-corrected chi connectivity index (χ0v) is 23.4. The summed E-state index contributed by atoms with van der Waals surface area (Å²) in [5.74, 6) is -0.422. The van der Waals surface area contributed by atoms with E-state index >= 15 is 0 Å². The zero-order valence-electron chi connectivity index (χ0n) is 22.7. The first-order valence-corrected chi connectivity index (χ1v) is 13.9. The van der Waals surface area contributed by atoms with E-state index < -0.39 is 6.61 Å². The van der Waals surface area contributed by atoms with Crippen LogP contribution in [-0.4, -0.2) is 66.6 Å². The van der Waals surface area contributed by atoms with Crippen molar-refractivity contribution >= 4 is 46.4 Å². The lowest BCUT2D eigenvalue weighted by atomic mass is 9.89. The second-order valence-electron chi connectivity index (χ2n) is 10.3. The Hall–Kier alpha value is -3.88. The summed E-state index contributed by atoms with van der Waals surface area (Å²) in [6.45, 7) is 5.54. The molecule has 0 bridgehead atoms. The molecule has 2 heterocycles. The van der Waals surface area contributed by atoms with Crippen molar-refractivity contribution < 1.29 is 19.5 Å². The van der Waals surface area contributed by atoms with E-state index in [1.54, 1.807) is 28.9 Å². The Morgan fingerprint density at radius 2 is 1.57 bits per heavy atom. The molecule has 9 heteroatoms. The predicted octanol–water partition coefficient (Wildman–Crippen LogP) is 4.51. The highest BCUT2D eigenvalue weighted by Gasteiger charge is 2.38. The van der Waals surface area contributed by atoms with Gasteiger partial charge in [0.25, 0.3) is 5.91 Å². The number of rotatable bonds is 5. The van der Waals surface area contributed by atoms with Gasteiger partial charge in [-0.3, -0.25) is 14.4 Å². The zero-order chi connectivity index (χ0) is 28.4. The van der Waals surface area contributed by atoms with Gasteiger partial charge in [0, 0.05) is 66.8 Å². The number of aliphatic hydroxyl groups is 1. The summed E-state index contributed by atoms with van der Waals surface area (Å²) in [6, 6.07) is 22.2. The maximum Gasteiger partial charge on any atom is 0.258 e. The van der Waals surface area contributed by atoms with Crippen LogP contribution in [0.15, 0.2) is 72.8 Å². The highest BCUT2D eigenvalue weighted by Crippen LogP contribution is 2.43. The molecule has 2 aliphatic rings. The lowest BCUT2D eigenvalue weighted by Gasteiger charge is -2.43. The first-order chi connectivity index (χ1) is 19.3. The number of amides is 3. The van der Waals surface area contributed by atoms with Gasteiger partial charge in [0.15, 0.2) is 0 Å². The third-order valence-electron chi connectivity index (χ3n) is 7.78. The lowest BCUT2D eigenvalue weighted by Crippen LogP contribution is -2.49. The largest absolute Gasteiger partial charge is 0.387 e. The van der Waals surface area contributed by atoms with Gasteiger partial charge < -0.3 is 24.7 Å². The minimum absolute atomic E-state index is 0.0775. The molecule has 1 fully saturated rings. The van der Waals surface area contributed by atoms with Crippen LogP contribution in [0.2, 0.25) is 5.02 Å². The molecule has 0 unspecified atom stereocenters. The standard InChI is InChI=1S/C31H33ClN4O4/c1-21-19-29(36(22(2)38)26-13-9-24(32)10-14-26)27-5-3-4-6-28(27)35(21)31(40)23-7-11-25(12-8-23)33-15-17-34(18-16-33)30(39)20-37/h3-14,21,29,37H,15-20H2,1-2H3/t21-,29+/m0/s1. The number of piperazine rings is 1. The van der Waals surface area contributed by atoms with Gasteiger partial charge in [-0.05, 0) is 73.5 Å². The van der Waals surface area contributed by atoms with E-state index in [0.29, 0.717) is 43.2 Å². The van der Waals surface area contributed by atoms with Crippen LogP contribution in [0.25, 0.3) is 0 Å². The Morgan fingerprint density at radius 3 is 2.20 bits per heavy atom.